The van der Waals surface area contributed by atoms with Crippen molar-refractivity contribution >= 4 is 0 Å². The van der Waals surface area contributed by atoms with Crippen molar-refractivity contribution in [2.24, 2.45) is 0 Å². The van der Waals surface area contributed by atoms with E-state index >= 15 is 0 Å². The molecule has 0 saturated heterocycles. The number of fused-ring (bicyclic) bond motifs is 3. The van der Waals surface area contributed by atoms with E-state index in [9.17, 15) is 0 Å². The van der Waals surface area contributed by atoms with E-state index in [4.69, 9.17) is 14.2 Å². The molecule has 3 aromatic carbocycles. The lowest BCUT2D eigenvalue weighted by atomic mass is 9.61. The average Bonchev–Trinajstić information content (AvgIpc) is 2.96. The summed E-state index contributed by atoms with van der Waals surface area (Å²) in [5.74, 6) is 3.58. The van der Waals surface area contributed by atoms with Gasteiger partial charge in [-0.2, -0.15) is 0 Å². The van der Waals surface area contributed by atoms with Crippen LogP contribution in [0.3, 0.4) is 0 Å². The van der Waals surface area contributed by atoms with Crippen LogP contribution < -0.4 is 14.2 Å². The Morgan fingerprint density at radius 2 is 1.13 bits per heavy atom. The van der Waals surface area contributed by atoms with Gasteiger partial charge in [0.1, 0.15) is 37.4 Å². The van der Waals surface area contributed by atoms with Gasteiger partial charge in [0.25, 0.3) is 0 Å². The Labute approximate surface area is 232 Å². The second-order valence-corrected chi connectivity index (χ2v) is 12.3. The van der Waals surface area contributed by atoms with Crippen LogP contribution in [-0.2, 0) is 25.0 Å². The third-order valence-corrected chi connectivity index (χ3v) is 9.18. The van der Waals surface area contributed by atoms with Crippen LogP contribution >= 0.6 is 0 Å². The first-order valence-electron chi connectivity index (χ1n) is 14.3. The summed E-state index contributed by atoms with van der Waals surface area (Å²) in [5, 5.41) is 0. The van der Waals surface area contributed by atoms with Gasteiger partial charge in [0.15, 0.2) is 0 Å². The van der Waals surface area contributed by atoms with Gasteiger partial charge in [-0.1, -0.05) is 30.7 Å². The lowest BCUT2D eigenvalue weighted by Gasteiger charge is -2.43. The summed E-state index contributed by atoms with van der Waals surface area (Å²) >= 11 is 0. The molecule has 1 atom stereocenters. The molecule has 204 valence electrons. The Hall–Kier alpha value is -3.06. The number of rotatable bonds is 3. The highest BCUT2D eigenvalue weighted by molar-refractivity contribution is 5.50. The highest BCUT2D eigenvalue weighted by Gasteiger charge is 2.41. The van der Waals surface area contributed by atoms with Gasteiger partial charge < -0.3 is 14.2 Å². The van der Waals surface area contributed by atoms with E-state index in [0.29, 0.717) is 26.1 Å². The van der Waals surface area contributed by atoms with Crippen LogP contribution in [0.1, 0.15) is 65.0 Å². The van der Waals surface area contributed by atoms with Crippen molar-refractivity contribution < 1.29 is 14.2 Å². The fourth-order valence-electron chi connectivity index (χ4n) is 7.20. The summed E-state index contributed by atoms with van der Waals surface area (Å²) in [4.78, 5) is 6.71. The molecule has 1 saturated carbocycles. The number of hydrogen-bond acceptors (Lipinski definition) is 6. The first kappa shape index (κ1) is 24.9. The highest BCUT2D eigenvalue weighted by atomic mass is 16.5. The Balaban J connectivity index is 1.31. The van der Waals surface area contributed by atoms with Gasteiger partial charge in [0.2, 0.25) is 0 Å². The Morgan fingerprint density at radius 1 is 0.641 bits per heavy atom. The van der Waals surface area contributed by atoms with E-state index in [1.54, 1.807) is 0 Å². The van der Waals surface area contributed by atoms with Crippen LogP contribution in [0.25, 0.3) is 0 Å². The predicted octanol–water partition coefficient (Wildman–Crippen LogP) is 5.68. The van der Waals surface area contributed by atoms with Crippen molar-refractivity contribution in [3.8, 4) is 17.2 Å². The van der Waals surface area contributed by atoms with E-state index in [1.807, 2.05) is 0 Å². The summed E-state index contributed by atoms with van der Waals surface area (Å²) in [5.41, 5.74) is 8.09. The predicted molar refractivity (Wildman–Crippen MR) is 152 cm³/mol. The molecule has 6 nitrogen and oxygen atoms in total. The molecule has 1 fully saturated rings. The minimum Gasteiger partial charge on any atom is -0.478 e. The summed E-state index contributed by atoms with van der Waals surface area (Å²) in [6, 6.07) is 20.9. The molecule has 7 rings (SSSR count). The fraction of sp³-hybridized carbons (Fsp3) is 0.455. The maximum absolute atomic E-state index is 6.04. The van der Waals surface area contributed by atoms with Crippen LogP contribution in [0, 0.1) is 0 Å². The molecule has 3 aromatic rings. The molecule has 39 heavy (non-hydrogen) atoms. The van der Waals surface area contributed by atoms with Crippen LogP contribution in [0.4, 0.5) is 0 Å². The molecule has 0 aromatic heterocycles. The van der Waals surface area contributed by atoms with E-state index in [1.165, 1.54) is 46.2 Å². The highest BCUT2D eigenvalue weighted by Crippen LogP contribution is 2.52. The molecule has 0 spiro atoms. The average molecular weight is 526 g/mol. The van der Waals surface area contributed by atoms with Gasteiger partial charge in [-0.25, -0.2) is 0 Å². The van der Waals surface area contributed by atoms with E-state index in [0.717, 1.165) is 49.7 Å². The minimum atomic E-state index is -0.0673. The zero-order valence-electron chi connectivity index (χ0n) is 23.4. The third-order valence-electron chi connectivity index (χ3n) is 9.18. The number of nitrogens with zero attached hydrogens (tertiary/aromatic N) is 3. The molecular formula is C33H39N3O3. The molecule has 4 aliphatic rings. The van der Waals surface area contributed by atoms with Crippen molar-refractivity contribution in [2.75, 3.05) is 41.3 Å². The maximum atomic E-state index is 6.04. The van der Waals surface area contributed by atoms with Crippen molar-refractivity contribution in [3.63, 3.8) is 0 Å². The molecule has 6 heteroatoms. The Bertz CT molecular complexity index is 1330. The quantitative estimate of drug-likeness (QED) is 0.438. The fourth-order valence-corrected chi connectivity index (χ4v) is 7.20. The molecule has 3 aliphatic heterocycles. The second kappa shape index (κ2) is 9.84. The van der Waals surface area contributed by atoms with Crippen LogP contribution in [-0.4, -0.2) is 56.0 Å². The Kier molecular flexibility index (Phi) is 6.30. The topological polar surface area (TPSA) is 37.4 Å². The van der Waals surface area contributed by atoms with Crippen LogP contribution in [0.15, 0.2) is 54.6 Å². The summed E-state index contributed by atoms with van der Waals surface area (Å²) in [7, 11) is 6.37. The molecular weight excluding hydrogens is 486 g/mol. The van der Waals surface area contributed by atoms with Crippen molar-refractivity contribution in [3.05, 3.63) is 88.0 Å². The molecule has 0 amide bonds. The molecule has 1 aliphatic carbocycles. The molecule has 1 unspecified atom stereocenters. The van der Waals surface area contributed by atoms with Gasteiger partial charge >= 0.3 is 0 Å². The summed E-state index contributed by atoms with van der Waals surface area (Å²) in [6.07, 6.45) is 4.64. The first-order valence-corrected chi connectivity index (χ1v) is 14.3. The SMILES string of the molecule is CN1COc2ccc(C3CCCC(c4ccc5c(c4)CN(C)CO5)(c4ccc5c(c4)CN(C)CO5)C3)cc2C1. The molecule has 3 heterocycles. The third kappa shape index (κ3) is 4.58. The zero-order chi connectivity index (χ0) is 26.6. The van der Waals surface area contributed by atoms with E-state index in [-0.39, 0.29) is 5.41 Å². The van der Waals surface area contributed by atoms with Crippen LogP contribution in [0.5, 0.6) is 17.2 Å². The van der Waals surface area contributed by atoms with Crippen molar-refractivity contribution in [1.29, 1.82) is 0 Å². The maximum Gasteiger partial charge on any atom is 0.142 e. The molecule has 0 N–H and O–H groups in total. The van der Waals surface area contributed by atoms with Crippen LogP contribution in [0.2, 0.25) is 0 Å². The van der Waals surface area contributed by atoms with Gasteiger partial charge in [-0.05, 0) is 93.3 Å². The molecule has 0 bridgehead atoms. The first-order chi connectivity index (χ1) is 19.0. The zero-order valence-corrected chi connectivity index (χ0v) is 23.4. The lowest BCUT2D eigenvalue weighted by Crippen LogP contribution is -2.35. The van der Waals surface area contributed by atoms with Gasteiger partial charge in [-0.15, -0.1) is 0 Å². The lowest BCUT2D eigenvalue weighted by molar-refractivity contribution is 0.121. The number of ether oxygens (including phenoxy) is 3. The smallest absolute Gasteiger partial charge is 0.142 e. The standard InChI is InChI=1S/C33H39N3O3/c1-34-17-25-13-23(6-9-30(25)37-20-34)24-5-4-12-33(16-24,28-7-10-31-26(14-28)18-35(2)21-38-31)29-8-11-32-27(15-29)19-36(3)22-39-32/h6-11,13-15,24H,4-5,12,16-22H2,1-3H3. The number of benzene rings is 3. The van der Waals surface area contributed by atoms with Gasteiger partial charge in [-0.3, -0.25) is 14.7 Å². The molecule has 0 radical (unpaired) electrons. The summed E-state index contributed by atoms with van der Waals surface area (Å²) in [6.45, 7) is 4.74. The minimum absolute atomic E-state index is 0.0673. The normalized spacial score (nSPS) is 23.0. The van der Waals surface area contributed by atoms with Crippen molar-refractivity contribution in [1.82, 2.24) is 14.7 Å². The Morgan fingerprint density at radius 3 is 1.67 bits per heavy atom. The largest absolute Gasteiger partial charge is 0.478 e. The second-order valence-electron chi connectivity index (χ2n) is 12.3. The van der Waals surface area contributed by atoms with Gasteiger partial charge in [0.05, 0.1) is 0 Å². The van der Waals surface area contributed by atoms with Crippen molar-refractivity contribution in [2.45, 2.75) is 56.7 Å². The van der Waals surface area contributed by atoms with E-state index < -0.39 is 0 Å². The van der Waals surface area contributed by atoms with E-state index in [2.05, 4.69) is 90.4 Å². The number of hydrogen-bond donors (Lipinski definition) is 0. The van der Waals surface area contributed by atoms with Gasteiger partial charge in [0, 0.05) is 41.7 Å². The summed E-state index contributed by atoms with van der Waals surface area (Å²) < 4.78 is 18.1. The monoisotopic (exact) mass is 525 g/mol.